The maximum atomic E-state index is 6.32. The number of aromatic nitrogens is 1. The van der Waals surface area contributed by atoms with Gasteiger partial charge in [-0.3, -0.25) is 0 Å². The molecule has 0 spiro atoms. The molecule has 35 heavy (non-hydrogen) atoms. The number of hydrogen-bond acceptors (Lipinski definition) is 1. The first-order valence-electron chi connectivity index (χ1n) is 12.1. The Morgan fingerprint density at radius 1 is 0.571 bits per heavy atom. The van der Waals surface area contributed by atoms with E-state index in [1.54, 1.807) is 0 Å². The van der Waals surface area contributed by atoms with Gasteiger partial charge in [-0.2, -0.15) is 0 Å². The number of hydrogen-bond donors (Lipinski definition) is 0. The van der Waals surface area contributed by atoms with E-state index in [0.717, 1.165) is 11.5 Å². The topological polar surface area (TPSA) is 14.2 Å². The molecule has 0 saturated heterocycles. The summed E-state index contributed by atoms with van der Waals surface area (Å²) < 4.78 is 8.72. The number of nitrogens with zero attached hydrogens (tertiary/aromatic N) is 1. The van der Waals surface area contributed by atoms with Crippen LogP contribution in [0.3, 0.4) is 0 Å². The van der Waals surface area contributed by atoms with Gasteiger partial charge < -0.3 is 9.30 Å². The molecule has 168 valence electrons. The summed E-state index contributed by atoms with van der Waals surface area (Å²) in [7, 11) is 0. The molecule has 0 amide bonds. The summed E-state index contributed by atoms with van der Waals surface area (Å²) in [6.45, 7) is 4.58. The maximum absolute atomic E-state index is 6.32. The molecule has 0 bridgehead atoms. The second kappa shape index (κ2) is 7.35. The molecule has 1 aromatic heterocycles. The maximum Gasteiger partial charge on any atom is 0.131 e. The van der Waals surface area contributed by atoms with Crippen molar-refractivity contribution in [3.8, 4) is 28.3 Å². The molecule has 0 atom stereocenters. The van der Waals surface area contributed by atoms with Crippen molar-refractivity contribution in [2.24, 2.45) is 0 Å². The Bertz CT molecular complexity index is 1700. The van der Waals surface area contributed by atoms with Crippen LogP contribution in [0.4, 0.5) is 0 Å². The summed E-state index contributed by atoms with van der Waals surface area (Å²) in [6.07, 6.45) is 0. The van der Waals surface area contributed by atoms with Crippen molar-refractivity contribution in [3.05, 3.63) is 126 Å². The van der Waals surface area contributed by atoms with Crippen LogP contribution in [0.5, 0.6) is 11.5 Å². The van der Waals surface area contributed by atoms with E-state index in [9.17, 15) is 0 Å². The molecule has 0 fully saturated rings. The number of para-hydroxylation sites is 4. The summed E-state index contributed by atoms with van der Waals surface area (Å²) in [6, 6.07) is 41.1. The van der Waals surface area contributed by atoms with Gasteiger partial charge in [-0.15, -0.1) is 0 Å². The van der Waals surface area contributed by atoms with Crippen molar-refractivity contribution in [2.45, 2.75) is 19.3 Å². The van der Waals surface area contributed by atoms with E-state index in [1.165, 1.54) is 49.7 Å². The van der Waals surface area contributed by atoms with Crippen LogP contribution < -0.4 is 4.74 Å². The summed E-state index contributed by atoms with van der Waals surface area (Å²) in [5, 5.41) is 2.55. The quantitative estimate of drug-likeness (QED) is 0.256. The van der Waals surface area contributed by atoms with E-state index >= 15 is 0 Å². The van der Waals surface area contributed by atoms with Gasteiger partial charge in [0, 0.05) is 32.9 Å². The van der Waals surface area contributed by atoms with Crippen molar-refractivity contribution in [3.63, 3.8) is 0 Å². The lowest BCUT2D eigenvalue weighted by Gasteiger charge is -2.34. The van der Waals surface area contributed by atoms with Crippen LogP contribution in [0, 0.1) is 0 Å². The third-order valence-corrected chi connectivity index (χ3v) is 7.47. The minimum atomic E-state index is -0.151. The molecule has 5 aromatic carbocycles. The number of fused-ring (bicyclic) bond motifs is 5. The average molecular weight is 452 g/mol. The van der Waals surface area contributed by atoms with Crippen LogP contribution in [0.15, 0.2) is 115 Å². The zero-order chi connectivity index (χ0) is 23.6. The monoisotopic (exact) mass is 451 g/mol. The van der Waals surface area contributed by atoms with Gasteiger partial charge in [0.1, 0.15) is 11.5 Å². The predicted molar refractivity (Wildman–Crippen MR) is 145 cm³/mol. The summed E-state index contributed by atoms with van der Waals surface area (Å²) in [5.74, 6) is 1.88. The zero-order valence-electron chi connectivity index (χ0n) is 19.8. The van der Waals surface area contributed by atoms with Crippen LogP contribution in [0.2, 0.25) is 0 Å². The largest absolute Gasteiger partial charge is 0.457 e. The molecule has 1 aliphatic rings. The number of rotatable bonds is 2. The highest BCUT2D eigenvalue weighted by Crippen LogP contribution is 2.49. The summed E-state index contributed by atoms with van der Waals surface area (Å²) >= 11 is 0. The highest BCUT2D eigenvalue weighted by Gasteiger charge is 2.34. The molecule has 0 N–H and O–H groups in total. The summed E-state index contributed by atoms with van der Waals surface area (Å²) in [4.78, 5) is 0. The Labute approximate surface area is 205 Å². The third kappa shape index (κ3) is 2.90. The second-order valence-corrected chi connectivity index (χ2v) is 9.82. The standard InChI is InChI=1S/C33H25NO/c1-33(2)26-14-6-10-18-31(26)35-32-20-19-22(21-27(32)33)23-11-3-7-15-28(23)34-29-16-8-4-12-24(29)25-13-5-9-17-30(25)34/h3-21H,1-2H3. The molecule has 2 heteroatoms. The normalized spacial score (nSPS) is 13.9. The molecule has 6 aromatic rings. The minimum Gasteiger partial charge on any atom is -0.457 e. The van der Waals surface area contributed by atoms with Crippen LogP contribution in [-0.4, -0.2) is 4.57 Å². The second-order valence-electron chi connectivity index (χ2n) is 9.82. The lowest BCUT2D eigenvalue weighted by atomic mass is 9.75. The van der Waals surface area contributed by atoms with E-state index in [-0.39, 0.29) is 5.41 Å². The van der Waals surface area contributed by atoms with Crippen LogP contribution in [0.25, 0.3) is 38.6 Å². The van der Waals surface area contributed by atoms with E-state index < -0.39 is 0 Å². The Morgan fingerprint density at radius 2 is 1.17 bits per heavy atom. The first kappa shape index (κ1) is 20.1. The molecule has 1 aliphatic heterocycles. The number of benzene rings is 5. The van der Waals surface area contributed by atoms with E-state index in [1.807, 2.05) is 6.07 Å². The first-order valence-corrected chi connectivity index (χ1v) is 12.1. The molecule has 2 nitrogen and oxygen atoms in total. The SMILES string of the molecule is CC1(C)c2ccccc2Oc2ccc(-c3ccccc3-n3c4ccccc4c4ccccc43)cc21. The molecule has 0 saturated carbocycles. The lowest BCUT2D eigenvalue weighted by Crippen LogP contribution is -2.24. The predicted octanol–water partition coefficient (Wildman–Crippen LogP) is 8.88. The van der Waals surface area contributed by atoms with E-state index in [0.29, 0.717) is 0 Å². The fourth-order valence-electron chi connectivity index (χ4n) is 5.71. The fraction of sp³-hybridized carbons (Fsp3) is 0.0909. The molecule has 7 rings (SSSR count). The van der Waals surface area contributed by atoms with Crippen molar-refractivity contribution in [1.82, 2.24) is 4.57 Å². The van der Waals surface area contributed by atoms with Gasteiger partial charge in [-0.1, -0.05) is 92.7 Å². The van der Waals surface area contributed by atoms with Crippen LogP contribution in [0.1, 0.15) is 25.0 Å². The van der Waals surface area contributed by atoms with E-state index in [2.05, 4.69) is 128 Å². The highest BCUT2D eigenvalue weighted by atomic mass is 16.5. The zero-order valence-corrected chi connectivity index (χ0v) is 19.8. The minimum absolute atomic E-state index is 0.151. The summed E-state index contributed by atoms with van der Waals surface area (Å²) in [5.41, 5.74) is 8.30. The average Bonchev–Trinajstić information content (AvgIpc) is 3.23. The molecule has 0 unspecified atom stereocenters. The van der Waals surface area contributed by atoms with Gasteiger partial charge in [0.25, 0.3) is 0 Å². The van der Waals surface area contributed by atoms with E-state index in [4.69, 9.17) is 4.74 Å². The Balaban J connectivity index is 1.47. The Hall–Kier alpha value is -4.30. The van der Waals surface area contributed by atoms with Crippen molar-refractivity contribution in [2.75, 3.05) is 0 Å². The van der Waals surface area contributed by atoms with Gasteiger partial charge in [0.2, 0.25) is 0 Å². The van der Waals surface area contributed by atoms with Gasteiger partial charge in [0.05, 0.1) is 16.7 Å². The van der Waals surface area contributed by atoms with Gasteiger partial charge in [-0.05, 0) is 42.0 Å². The lowest BCUT2D eigenvalue weighted by molar-refractivity contribution is 0.418. The van der Waals surface area contributed by atoms with Crippen molar-refractivity contribution >= 4 is 21.8 Å². The molecule has 2 heterocycles. The Kier molecular flexibility index (Phi) is 4.22. The highest BCUT2D eigenvalue weighted by molar-refractivity contribution is 6.09. The van der Waals surface area contributed by atoms with Crippen LogP contribution >= 0.6 is 0 Å². The number of ether oxygens (including phenoxy) is 1. The van der Waals surface area contributed by atoms with Gasteiger partial charge in [-0.25, -0.2) is 0 Å². The third-order valence-electron chi connectivity index (χ3n) is 7.47. The van der Waals surface area contributed by atoms with Gasteiger partial charge >= 0.3 is 0 Å². The smallest absolute Gasteiger partial charge is 0.131 e. The van der Waals surface area contributed by atoms with Crippen molar-refractivity contribution in [1.29, 1.82) is 0 Å². The molecular weight excluding hydrogens is 426 g/mol. The van der Waals surface area contributed by atoms with Crippen LogP contribution in [-0.2, 0) is 5.41 Å². The van der Waals surface area contributed by atoms with Crippen molar-refractivity contribution < 1.29 is 4.74 Å². The van der Waals surface area contributed by atoms with Gasteiger partial charge in [0.15, 0.2) is 0 Å². The molecular formula is C33H25NO. The molecule has 0 aliphatic carbocycles. The molecule has 0 radical (unpaired) electrons. The fourth-order valence-corrected chi connectivity index (χ4v) is 5.71. The first-order chi connectivity index (χ1) is 17.1. The Morgan fingerprint density at radius 3 is 1.94 bits per heavy atom.